The van der Waals surface area contributed by atoms with E-state index in [0.717, 1.165) is 198 Å². The van der Waals surface area contributed by atoms with Crippen molar-refractivity contribution >= 4 is 50.7 Å². The first-order chi connectivity index (χ1) is 59.9. The van der Waals surface area contributed by atoms with E-state index >= 15 is 0 Å². The zero-order valence-electron chi connectivity index (χ0n) is 72.0. The maximum Gasteiger partial charge on any atom is 0.258 e. The molecule has 1 atom stereocenters. The van der Waals surface area contributed by atoms with Gasteiger partial charge in [0.15, 0.2) is 34.5 Å². The van der Waals surface area contributed by atoms with Gasteiger partial charge >= 0.3 is 0 Å². The molecule has 3 aromatic carbocycles. The topological polar surface area (TPSA) is 264 Å². The van der Waals surface area contributed by atoms with Gasteiger partial charge < -0.3 is 53.2 Å². The summed E-state index contributed by atoms with van der Waals surface area (Å²) < 4.78 is 46.1. The minimum Gasteiger partial charge on any atom is -0.493 e. The number of methoxy groups -OCH3 is 6. The lowest BCUT2D eigenvalue weighted by atomic mass is 9.99. The average molecular weight is 1670 g/mol. The normalized spacial score (nSPS) is 16.6. The number of anilines is 3. The van der Waals surface area contributed by atoms with Crippen molar-refractivity contribution < 1.29 is 33.2 Å². The van der Waals surface area contributed by atoms with E-state index in [1.807, 2.05) is 125 Å². The molecule has 13 aromatic rings. The Morgan fingerprint density at radius 3 is 1.53 bits per heavy atom. The van der Waals surface area contributed by atoms with Crippen molar-refractivity contribution in [1.29, 1.82) is 0 Å². The van der Waals surface area contributed by atoms with Gasteiger partial charge in [-0.1, -0.05) is 19.9 Å². The lowest BCUT2D eigenvalue weighted by Gasteiger charge is -2.40. The third kappa shape index (κ3) is 18.2. The number of rotatable bonds is 17. The summed E-state index contributed by atoms with van der Waals surface area (Å²) in [6.45, 7) is 27.1. The zero-order chi connectivity index (χ0) is 85.5. The van der Waals surface area contributed by atoms with Crippen LogP contribution >= 0.6 is 0 Å². The number of hydrogen-bond acceptors (Lipinski definition) is 24. The standard InChI is InChI=1S/C26H32N4O4.C25H29N3O3.C24H28N4O3.C19H19N7O/c1-18-14-21(28-8-6-20(7-9-28)29-10-12-34-13-11-29)17-30-25(31)16-22(27-26(18)30)19-4-5-23(32-2)24(15-19)33-3;1-5-17-13-20(18-9-11-27(6-2)12-10-18)16-28-24(29)15-21(26-25(17)28)19-7-8-22(30-3)23(14-19)31-4;1-16-11-19(27-10-9-26-8-4-5-18(26)14-27)15-28-23(29)13-20(25-24(16)28)17-6-7-21(30-2)22(12-17)31-3;1-13-11-26-15(10-21-13)8-17(23-26)16-9-19(27)25-12-14(2-3-18(25)22-16)24-6-4-20-5-7-24/h4-5,14-17,20H,6-13H2,1-3H3;7-9,13-16H,5-6,10-12H2,1-4H3;6-7,11-13,15,18H,4-5,8-10,14H2,1-3H3;2-3,8-12,20H,4-7H2,1H3/t;;18-;/m..0./s1. The lowest BCUT2D eigenvalue weighted by molar-refractivity contribution is 0.0115. The molecule has 1 N–H and O–H groups in total. The third-order valence-corrected chi connectivity index (χ3v) is 24.4. The van der Waals surface area contributed by atoms with Crippen LogP contribution in [0.4, 0.5) is 17.1 Å². The summed E-state index contributed by atoms with van der Waals surface area (Å²) in [6.07, 6.45) is 20.2. The number of hydrogen-bond donors (Lipinski definition) is 1. The van der Waals surface area contributed by atoms with Crippen LogP contribution in [0.3, 0.4) is 0 Å². The van der Waals surface area contributed by atoms with Gasteiger partial charge in [0, 0.05) is 163 Å². The van der Waals surface area contributed by atoms with Gasteiger partial charge in [0.25, 0.3) is 22.2 Å². The van der Waals surface area contributed by atoms with Crippen LogP contribution in [0.2, 0.25) is 0 Å². The molecular weight excluding hydrogens is 1560 g/mol. The summed E-state index contributed by atoms with van der Waals surface area (Å²) >= 11 is 0. The highest BCUT2D eigenvalue weighted by Gasteiger charge is 2.32. The van der Waals surface area contributed by atoms with Crippen LogP contribution in [0, 0.1) is 20.8 Å². The zero-order valence-corrected chi connectivity index (χ0v) is 72.0. The molecule has 0 amide bonds. The number of aryl methyl sites for hydroxylation is 4. The SMILES string of the molecule is CCc1cc(C2=CCN(CC)CC2)cn2c(=O)cc(-c3ccc(OC)c(OC)c3)nc12.COc1ccc(-c2cc(=O)n3cc(N4CCC(N5CCOCC5)CC4)cc(C)c3n2)cc1OC.COc1ccc(-c2cc(=O)n3cc(N4CCN5CCC[C@H]5C4)cc(C)c3n2)cc1OC.Cc1cn2nc(-c3cc(=O)n4cc(N5CCNCC5)ccc4n3)cc2cn1. The van der Waals surface area contributed by atoms with E-state index in [1.54, 1.807) is 89.2 Å². The van der Waals surface area contributed by atoms with Crippen molar-refractivity contribution in [3.05, 3.63) is 228 Å². The van der Waals surface area contributed by atoms with Gasteiger partial charge in [0.05, 0.1) is 119 Å². The minimum atomic E-state index is -0.113. The van der Waals surface area contributed by atoms with Crippen molar-refractivity contribution in [1.82, 2.24) is 72.2 Å². The molecule has 640 valence electrons. The molecule has 0 bridgehead atoms. The predicted octanol–water partition coefficient (Wildman–Crippen LogP) is 11.1. The minimum absolute atomic E-state index is 0.0840. The number of pyridine rings is 4. The molecule has 0 spiro atoms. The third-order valence-electron chi connectivity index (χ3n) is 24.4. The molecule has 10 aromatic heterocycles. The fraction of sp³-hybridized carbons (Fsp3) is 0.383. The Bertz CT molecular complexity index is 6340. The molecule has 0 unspecified atom stereocenters. The molecule has 19 rings (SSSR count). The molecule has 0 radical (unpaired) electrons. The van der Waals surface area contributed by atoms with Gasteiger partial charge in [0.2, 0.25) is 0 Å². The molecule has 123 heavy (non-hydrogen) atoms. The van der Waals surface area contributed by atoms with Crippen LogP contribution in [-0.4, -0.2) is 233 Å². The summed E-state index contributed by atoms with van der Waals surface area (Å²) in [4.78, 5) is 90.1. The summed E-state index contributed by atoms with van der Waals surface area (Å²) in [7, 11) is 9.60. The van der Waals surface area contributed by atoms with Crippen LogP contribution in [0.25, 0.3) is 78.8 Å². The van der Waals surface area contributed by atoms with Crippen molar-refractivity contribution in [2.45, 2.75) is 85.2 Å². The Labute approximate surface area is 713 Å². The van der Waals surface area contributed by atoms with E-state index in [1.165, 1.54) is 31.0 Å². The van der Waals surface area contributed by atoms with Crippen molar-refractivity contribution in [3.8, 4) is 79.7 Å². The number of morpholine rings is 1. The molecule has 29 nitrogen and oxygen atoms in total. The Morgan fingerprint density at radius 1 is 0.447 bits per heavy atom. The monoisotopic (exact) mass is 1660 g/mol. The smallest absolute Gasteiger partial charge is 0.258 e. The van der Waals surface area contributed by atoms with Gasteiger partial charge in [0.1, 0.15) is 28.3 Å². The highest BCUT2D eigenvalue weighted by Crippen LogP contribution is 2.37. The first kappa shape index (κ1) is 84.1. The van der Waals surface area contributed by atoms with E-state index in [0.29, 0.717) is 97.6 Å². The number of piperidine rings is 1. The second-order valence-electron chi connectivity index (χ2n) is 31.9. The Morgan fingerprint density at radius 2 is 0.976 bits per heavy atom. The number of aromatic nitrogens is 11. The van der Waals surface area contributed by atoms with E-state index in [-0.39, 0.29) is 22.2 Å². The van der Waals surface area contributed by atoms with Crippen LogP contribution in [0.5, 0.6) is 34.5 Å². The van der Waals surface area contributed by atoms with Gasteiger partial charge in [-0.2, -0.15) is 5.10 Å². The van der Waals surface area contributed by atoms with Crippen molar-refractivity contribution in [2.24, 2.45) is 0 Å². The first-order valence-corrected chi connectivity index (χ1v) is 42.5. The molecule has 0 saturated carbocycles. The fourth-order valence-electron chi connectivity index (χ4n) is 17.5. The summed E-state index contributed by atoms with van der Waals surface area (Å²) in [5.41, 5.74) is 18.2. The average Bonchev–Trinajstić information content (AvgIpc) is 1.71. The van der Waals surface area contributed by atoms with Crippen LogP contribution in [0.1, 0.15) is 73.9 Å². The number of ether oxygens (including phenoxy) is 7. The molecule has 6 aliphatic heterocycles. The van der Waals surface area contributed by atoms with Gasteiger partial charge in [-0.3, -0.25) is 56.5 Å². The maximum atomic E-state index is 13.1. The Kier molecular flexibility index (Phi) is 25.6. The lowest BCUT2D eigenvalue weighted by Crippen LogP contribution is -2.50. The Hall–Kier alpha value is -12.5. The van der Waals surface area contributed by atoms with E-state index in [2.05, 4.69) is 87.9 Å². The number of nitrogens with one attached hydrogen (secondary N) is 1. The Balaban J connectivity index is 0.000000122. The summed E-state index contributed by atoms with van der Waals surface area (Å²) in [5.74, 6) is 3.76. The van der Waals surface area contributed by atoms with Gasteiger partial charge in [-0.25, -0.2) is 24.5 Å². The van der Waals surface area contributed by atoms with Crippen molar-refractivity contribution in [2.75, 3.05) is 169 Å². The van der Waals surface area contributed by atoms with E-state index < -0.39 is 0 Å². The molecular formula is C94H108N18O11. The number of fused-ring (bicyclic) bond motifs is 6. The number of nitrogens with zero attached hydrogens (tertiary/aromatic N) is 17. The molecule has 16 heterocycles. The first-order valence-electron chi connectivity index (χ1n) is 42.5. The number of piperazine rings is 2. The summed E-state index contributed by atoms with van der Waals surface area (Å²) in [5, 5.41) is 7.87. The molecule has 5 saturated heterocycles. The largest absolute Gasteiger partial charge is 0.493 e. The maximum absolute atomic E-state index is 13.1. The van der Waals surface area contributed by atoms with Crippen LogP contribution < -0.4 is 70.7 Å². The second kappa shape index (κ2) is 37.4. The number of likely N-dealkylation sites (N-methyl/N-ethyl adjacent to an activating group) is 1. The molecule has 0 aliphatic carbocycles. The number of benzene rings is 3. The predicted molar refractivity (Wildman–Crippen MR) is 481 cm³/mol. The van der Waals surface area contributed by atoms with Crippen LogP contribution in [-0.2, 0) is 11.2 Å². The summed E-state index contributed by atoms with van der Waals surface area (Å²) in [6, 6.07) is 36.6. The van der Waals surface area contributed by atoms with Gasteiger partial charge in [-0.15, -0.1) is 0 Å². The van der Waals surface area contributed by atoms with E-state index in [4.69, 9.17) is 48.1 Å². The quantitative estimate of drug-likeness (QED) is 0.0888. The highest BCUT2D eigenvalue weighted by atomic mass is 16.5. The fourth-order valence-corrected chi connectivity index (χ4v) is 17.5. The molecule has 6 aliphatic rings. The molecule has 5 fully saturated rings. The van der Waals surface area contributed by atoms with Crippen molar-refractivity contribution in [3.63, 3.8) is 0 Å². The highest BCUT2D eigenvalue weighted by molar-refractivity contribution is 5.74. The second-order valence-corrected chi connectivity index (χ2v) is 31.9. The van der Waals surface area contributed by atoms with E-state index in [9.17, 15) is 19.2 Å². The van der Waals surface area contributed by atoms with Gasteiger partial charge in [-0.05, 0) is 191 Å². The van der Waals surface area contributed by atoms with Crippen LogP contribution in [0.15, 0.2) is 178 Å². The molecule has 29 heteroatoms.